The standard InChI is InChI=1S/C20H15N3O3S.C12H8N3S.C8H7ClO3/c1-25-13-6-8-14(9-7-13)26-20(24)23-16-5-3-2-4-15(16)19-22-17-10-11-21-12-18(17)27-19;13-9-4-2-1-3-8(9)12-15-10-5-6-14-7-11(10)16-12;1-11-6-2-4-7(5-3-6)12-8(9)10/h2-12H,1H3,(H,23,24);1,3-7H,13H2;2-5H,1H3/q;+1;. The van der Waals surface area contributed by atoms with Gasteiger partial charge in [-0.2, -0.15) is 0 Å². The van der Waals surface area contributed by atoms with Crippen molar-refractivity contribution in [1.29, 1.82) is 0 Å². The highest BCUT2D eigenvalue weighted by molar-refractivity contribution is 7.21. The molecule has 4 aromatic heterocycles. The van der Waals surface area contributed by atoms with Crippen LogP contribution in [-0.2, 0) is 0 Å². The van der Waals surface area contributed by atoms with Gasteiger partial charge in [0.2, 0.25) is 0 Å². The Labute approximate surface area is 328 Å². The van der Waals surface area contributed by atoms with E-state index in [-0.39, 0.29) is 0 Å². The molecule has 55 heavy (non-hydrogen) atoms. The molecular formula is C40H30ClN6O6S2+. The number of nitrogens with one attached hydrogen (secondary N) is 1. The molecule has 0 atom stereocenters. The van der Waals surface area contributed by atoms with Gasteiger partial charge in [0.15, 0.2) is 10.7 Å². The molecule has 1 aliphatic carbocycles. The highest BCUT2D eigenvalue weighted by Crippen LogP contribution is 2.34. The number of nitrogens with zero attached hydrogens (tertiary/aromatic N) is 4. The van der Waals surface area contributed by atoms with Crippen LogP contribution in [0.2, 0.25) is 0 Å². The van der Waals surface area contributed by atoms with Gasteiger partial charge >= 0.3 is 11.5 Å². The zero-order valence-corrected chi connectivity index (χ0v) is 31.5. The second-order valence-electron chi connectivity index (χ2n) is 11.0. The summed E-state index contributed by atoms with van der Waals surface area (Å²) in [7, 11) is 3.14. The summed E-state index contributed by atoms with van der Waals surface area (Å²) >= 11 is 8.11. The number of methoxy groups -OCH3 is 2. The van der Waals surface area contributed by atoms with Crippen LogP contribution in [0.3, 0.4) is 0 Å². The number of halogens is 1. The molecule has 0 fully saturated rings. The number of hydrogen-bond donors (Lipinski definition) is 2. The molecule has 0 spiro atoms. The Hall–Kier alpha value is -6.70. The van der Waals surface area contributed by atoms with Crippen LogP contribution in [0, 0.1) is 6.08 Å². The fourth-order valence-corrected chi connectivity index (χ4v) is 6.87. The highest BCUT2D eigenvalue weighted by Gasteiger charge is 2.17. The number of amides is 1. The maximum Gasteiger partial charge on any atom is 0.417 e. The Morgan fingerprint density at radius 1 is 0.727 bits per heavy atom. The minimum atomic E-state index is -0.847. The highest BCUT2D eigenvalue weighted by atomic mass is 35.5. The average molecular weight is 790 g/mol. The van der Waals surface area contributed by atoms with Crippen LogP contribution in [0.1, 0.15) is 5.01 Å². The summed E-state index contributed by atoms with van der Waals surface area (Å²) in [5.74, 6) is 2.22. The van der Waals surface area contributed by atoms with Crippen molar-refractivity contribution in [2.75, 3.05) is 19.5 Å². The second-order valence-corrected chi connectivity index (χ2v) is 13.4. The summed E-state index contributed by atoms with van der Waals surface area (Å²) in [4.78, 5) is 39.9. The van der Waals surface area contributed by atoms with Crippen LogP contribution in [0.15, 0.2) is 134 Å². The average Bonchev–Trinajstić information content (AvgIpc) is 3.84. The third kappa shape index (κ3) is 10.3. The number of ether oxygens (including phenoxy) is 4. The predicted octanol–water partition coefficient (Wildman–Crippen LogP) is 9.70. The second kappa shape index (κ2) is 18.4. The smallest absolute Gasteiger partial charge is 0.417 e. The quantitative estimate of drug-likeness (QED) is 0.117. The number of rotatable bonds is 7. The molecule has 3 aromatic carbocycles. The van der Waals surface area contributed by atoms with Gasteiger partial charge in [0, 0.05) is 48.0 Å². The van der Waals surface area contributed by atoms with E-state index < -0.39 is 11.5 Å². The lowest BCUT2D eigenvalue weighted by atomic mass is 10.1. The summed E-state index contributed by atoms with van der Waals surface area (Å²) in [6.07, 6.45) is 15.0. The van der Waals surface area contributed by atoms with Gasteiger partial charge < -0.3 is 24.7 Å². The van der Waals surface area contributed by atoms with E-state index in [1.807, 2.05) is 54.7 Å². The van der Waals surface area contributed by atoms with Crippen molar-refractivity contribution in [1.82, 2.24) is 19.9 Å². The number of hydrogen-bond acceptors (Lipinski definition) is 13. The van der Waals surface area contributed by atoms with E-state index in [9.17, 15) is 9.59 Å². The van der Waals surface area contributed by atoms with Crippen molar-refractivity contribution in [3.05, 3.63) is 145 Å². The normalized spacial score (nSPS) is 11.4. The molecule has 0 saturated heterocycles. The van der Waals surface area contributed by atoms with Gasteiger partial charge in [-0.1, -0.05) is 12.1 Å². The third-order valence-corrected chi connectivity index (χ3v) is 9.59. The Balaban J connectivity index is 0.000000155. The zero-order chi connectivity index (χ0) is 38.6. The van der Waals surface area contributed by atoms with Crippen LogP contribution in [0.5, 0.6) is 23.0 Å². The van der Waals surface area contributed by atoms with E-state index in [0.717, 1.165) is 41.6 Å². The summed E-state index contributed by atoms with van der Waals surface area (Å²) < 4.78 is 22.0. The van der Waals surface area contributed by atoms with Crippen molar-refractivity contribution in [2.24, 2.45) is 5.73 Å². The number of aromatic nitrogens is 4. The first kappa shape index (κ1) is 38.0. The zero-order valence-electron chi connectivity index (χ0n) is 29.1. The fraction of sp³-hybridized carbons (Fsp3) is 0.0500. The van der Waals surface area contributed by atoms with Crippen molar-refractivity contribution in [3.8, 4) is 33.6 Å². The lowest BCUT2D eigenvalue weighted by molar-refractivity contribution is 0.215. The number of anilines is 1. The maximum atomic E-state index is 12.3. The summed E-state index contributed by atoms with van der Waals surface area (Å²) in [6.45, 7) is 0. The molecule has 12 nitrogen and oxygen atoms in total. The molecule has 15 heteroatoms. The molecule has 7 aromatic rings. The van der Waals surface area contributed by atoms with Crippen molar-refractivity contribution in [2.45, 2.75) is 0 Å². The van der Waals surface area contributed by atoms with Gasteiger partial charge in [0.05, 0.1) is 46.4 Å². The number of thiazole rings is 2. The number of fused-ring (bicyclic) bond motifs is 2. The first-order valence-corrected chi connectivity index (χ1v) is 18.2. The SMILES string of the molecule is COc1ccc(OC(=O)Cl)cc1.COc1ccc(OC(=O)Nc2ccccc2-c2nc3ccncc3s2)cc1.NC1=C(c2nc3ccncc3s2)C=C[C+]=C1. The molecule has 0 aliphatic heterocycles. The summed E-state index contributed by atoms with van der Waals surface area (Å²) in [5.41, 5.74) is 10.00. The number of para-hydroxylation sites is 1. The Morgan fingerprint density at radius 2 is 1.27 bits per heavy atom. The molecule has 3 N–H and O–H groups in total. The van der Waals surface area contributed by atoms with Gasteiger partial charge in [-0.15, -0.1) is 22.7 Å². The summed E-state index contributed by atoms with van der Waals surface area (Å²) in [6, 6.07) is 24.6. The first-order valence-electron chi connectivity index (χ1n) is 16.2. The number of allylic oxidation sites excluding steroid dienone is 5. The Kier molecular flexibility index (Phi) is 12.7. The number of carbonyl (C=O) groups is 2. The largest absolute Gasteiger partial charge is 0.497 e. The minimum absolute atomic E-state index is 0.399. The molecule has 1 aliphatic rings. The van der Waals surface area contributed by atoms with Crippen molar-refractivity contribution < 1.29 is 28.5 Å². The van der Waals surface area contributed by atoms with Crippen LogP contribution < -0.4 is 30.0 Å². The van der Waals surface area contributed by atoms with Gasteiger partial charge in [-0.05, 0) is 72.8 Å². The molecule has 0 saturated carbocycles. The predicted molar refractivity (Wildman–Crippen MR) is 216 cm³/mol. The summed E-state index contributed by atoms with van der Waals surface area (Å²) in [5, 5.41) is 4.52. The molecule has 274 valence electrons. The first-order chi connectivity index (χ1) is 26.8. The molecule has 0 bridgehead atoms. The van der Waals surface area contributed by atoms with Crippen LogP contribution >= 0.6 is 34.3 Å². The molecule has 0 unspecified atom stereocenters. The van der Waals surface area contributed by atoms with Crippen LogP contribution in [0.4, 0.5) is 15.3 Å². The Bertz CT molecular complexity index is 2450. The monoisotopic (exact) mass is 789 g/mol. The van der Waals surface area contributed by atoms with E-state index in [4.69, 9.17) is 31.5 Å². The van der Waals surface area contributed by atoms with E-state index in [1.54, 1.807) is 98.8 Å². The van der Waals surface area contributed by atoms with E-state index in [2.05, 4.69) is 36.1 Å². The van der Waals surface area contributed by atoms with Crippen LogP contribution in [-0.4, -0.2) is 45.7 Å². The van der Waals surface area contributed by atoms with Gasteiger partial charge in [0.25, 0.3) is 0 Å². The topological polar surface area (TPSA) is 161 Å². The number of nitrogens with two attached hydrogens (primary N) is 1. The molecule has 0 radical (unpaired) electrons. The lowest BCUT2D eigenvalue weighted by Crippen LogP contribution is -2.17. The fourth-order valence-electron chi connectivity index (χ4n) is 4.83. The molecule has 4 heterocycles. The van der Waals surface area contributed by atoms with Crippen LogP contribution in [0.25, 0.3) is 36.6 Å². The van der Waals surface area contributed by atoms with E-state index in [1.165, 1.54) is 11.3 Å². The minimum Gasteiger partial charge on any atom is -0.497 e. The van der Waals surface area contributed by atoms with Gasteiger partial charge in [-0.3, -0.25) is 15.3 Å². The third-order valence-electron chi connectivity index (χ3n) is 7.43. The van der Waals surface area contributed by atoms with E-state index >= 15 is 0 Å². The van der Waals surface area contributed by atoms with Crippen molar-refractivity contribution in [3.63, 3.8) is 0 Å². The maximum absolute atomic E-state index is 12.3. The lowest BCUT2D eigenvalue weighted by Gasteiger charge is -2.10. The number of benzene rings is 3. The van der Waals surface area contributed by atoms with E-state index in [0.29, 0.717) is 34.4 Å². The number of pyridine rings is 2. The Morgan fingerprint density at radius 3 is 1.84 bits per heavy atom. The molecule has 1 amide bonds. The van der Waals surface area contributed by atoms with Crippen molar-refractivity contribution >= 4 is 77.5 Å². The van der Waals surface area contributed by atoms with Gasteiger partial charge in [0.1, 0.15) is 45.7 Å². The molecular weight excluding hydrogens is 760 g/mol. The number of carbonyl (C=O) groups excluding carboxylic acids is 2. The molecule has 8 rings (SSSR count). The van der Waals surface area contributed by atoms with Gasteiger partial charge in [-0.25, -0.2) is 19.6 Å².